The summed E-state index contributed by atoms with van der Waals surface area (Å²) in [7, 11) is 1.89. The van der Waals surface area contributed by atoms with E-state index < -0.39 is 15.7 Å². The van der Waals surface area contributed by atoms with Crippen molar-refractivity contribution in [2.75, 3.05) is 44.9 Å². The van der Waals surface area contributed by atoms with E-state index in [1.54, 1.807) is 29.2 Å². The Bertz CT molecular complexity index is 1190. The molecule has 0 radical (unpaired) electrons. The molecule has 3 aromatic rings. The highest BCUT2D eigenvalue weighted by Crippen LogP contribution is 2.31. The zero-order chi connectivity index (χ0) is 24.0. The molecule has 1 amide bonds. The van der Waals surface area contributed by atoms with Gasteiger partial charge in [0.15, 0.2) is 15.0 Å². The van der Waals surface area contributed by atoms with Crippen LogP contribution in [0.15, 0.2) is 47.4 Å². The second-order valence-corrected chi connectivity index (χ2v) is 11.0. The number of nitrogens with zero attached hydrogens (tertiary/aromatic N) is 3. The van der Waals surface area contributed by atoms with Gasteiger partial charge in [-0.25, -0.2) is 17.8 Å². The predicted octanol–water partition coefficient (Wildman–Crippen LogP) is 3.98. The van der Waals surface area contributed by atoms with Crippen molar-refractivity contribution in [1.82, 2.24) is 9.88 Å². The van der Waals surface area contributed by atoms with Crippen molar-refractivity contribution < 1.29 is 22.3 Å². The molecule has 0 spiro atoms. The first-order chi connectivity index (χ1) is 15.7. The van der Waals surface area contributed by atoms with Gasteiger partial charge >= 0.3 is 0 Å². The van der Waals surface area contributed by atoms with Crippen LogP contribution in [0, 0.1) is 5.82 Å². The quantitative estimate of drug-likeness (QED) is 0.402. The largest absolute Gasteiger partial charge is 0.497 e. The monoisotopic (exact) mass is 493 g/mol. The molecular weight excluding hydrogens is 465 g/mol. The smallest absolute Gasteiger partial charge is 0.228 e. The van der Waals surface area contributed by atoms with Gasteiger partial charge in [0.05, 0.1) is 22.5 Å². The number of halogens is 1. The third kappa shape index (κ3) is 6.49. The van der Waals surface area contributed by atoms with Crippen LogP contribution in [0.2, 0.25) is 0 Å². The Morgan fingerprint density at radius 2 is 1.82 bits per heavy atom. The Kier molecular flexibility index (Phi) is 8.39. The maximum Gasteiger partial charge on any atom is 0.228 e. The minimum atomic E-state index is -3.52. The number of hydrogen-bond acceptors (Lipinski definition) is 7. The normalized spacial score (nSPS) is 11.8. The number of carbonyl (C=O) groups excluding carboxylic acids is 1. The molecule has 1 aromatic heterocycles. The molecule has 0 saturated carbocycles. The summed E-state index contributed by atoms with van der Waals surface area (Å²) in [6.07, 6.45) is 0.938. The van der Waals surface area contributed by atoms with Crippen molar-refractivity contribution in [3.63, 3.8) is 0 Å². The van der Waals surface area contributed by atoms with E-state index in [2.05, 4.69) is 4.98 Å². The standard InChI is InChI=1S/C23H28FN3O4S2/c1-26(2)14-6-15-27(23-25-22-19(24)7-4-8-20(22)32-23)21(28)9-5-16-33(29,30)18-12-10-17(31-3)11-13-18/h4,7-8,10-13H,5-6,9,14-16H2,1-3H3. The Morgan fingerprint density at radius 3 is 2.45 bits per heavy atom. The summed E-state index contributed by atoms with van der Waals surface area (Å²) >= 11 is 1.26. The number of amides is 1. The van der Waals surface area contributed by atoms with Crippen LogP contribution < -0.4 is 9.64 Å². The van der Waals surface area contributed by atoms with Gasteiger partial charge in [0, 0.05) is 13.0 Å². The molecule has 7 nitrogen and oxygen atoms in total. The number of benzene rings is 2. The molecule has 0 N–H and O–H groups in total. The summed E-state index contributed by atoms with van der Waals surface area (Å²) in [4.78, 5) is 21.2. The van der Waals surface area contributed by atoms with Crippen molar-refractivity contribution >= 4 is 42.4 Å². The fourth-order valence-corrected chi connectivity index (χ4v) is 5.67. The molecule has 1 heterocycles. The van der Waals surface area contributed by atoms with Gasteiger partial charge in [-0.3, -0.25) is 9.69 Å². The van der Waals surface area contributed by atoms with Gasteiger partial charge < -0.3 is 9.64 Å². The van der Waals surface area contributed by atoms with E-state index in [4.69, 9.17) is 4.74 Å². The molecule has 0 saturated heterocycles. The van der Waals surface area contributed by atoms with Gasteiger partial charge in [-0.05, 0) is 69.9 Å². The lowest BCUT2D eigenvalue weighted by molar-refractivity contribution is -0.118. The van der Waals surface area contributed by atoms with E-state index in [1.807, 2.05) is 19.0 Å². The molecule has 0 unspecified atom stereocenters. The van der Waals surface area contributed by atoms with Gasteiger partial charge in [-0.1, -0.05) is 17.4 Å². The molecule has 0 bridgehead atoms. The van der Waals surface area contributed by atoms with Crippen molar-refractivity contribution in [2.45, 2.75) is 24.2 Å². The first-order valence-electron chi connectivity index (χ1n) is 10.6. The summed E-state index contributed by atoms with van der Waals surface area (Å²) in [5.74, 6) is -0.227. The SMILES string of the molecule is COc1ccc(S(=O)(=O)CCCC(=O)N(CCCN(C)C)c2nc3c(F)cccc3s2)cc1. The van der Waals surface area contributed by atoms with Crippen molar-refractivity contribution in [3.8, 4) is 5.75 Å². The van der Waals surface area contributed by atoms with Crippen LogP contribution in [0.3, 0.4) is 0 Å². The number of aromatic nitrogens is 1. The Balaban J connectivity index is 1.70. The van der Waals surface area contributed by atoms with Crippen LogP contribution in [-0.4, -0.2) is 64.3 Å². The highest BCUT2D eigenvalue weighted by atomic mass is 32.2. The van der Waals surface area contributed by atoms with Crippen LogP contribution >= 0.6 is 11.3 Å². The first-order valence-corrected chi connectivity index (χ1v) is 13.0. The zero-order valence-corrected chi connectivity index (χ0v) is 20.6. The van der Waals surface area contributed by atoms with Crippen LogP contribution in [-0.2, 0) is 14.6 Å². The third-order valence-electron chi connectivity index (χ3n) is 5.10. The van der Waals surface area contributed by atoms with E-state index in [0.29, 0.717) is 28.5 Å². The second kappa shape index (κ2) is 11.0. The average Bonchev–Trinajstić information content (AvgIpc) is 3.21. The number of fused-ring (bicyclic) bond motifs is 1. The van der Waals surface area contributed by atoms with E-state index >= 15 is 0 Å². The number of anilines is 1. The van der Waals surface area contributed by atoms with Gasteiger partial charge in [0.1, 0.15) is 17.1 Å². The molecule has 0 atom stereocenters. The fourth-order valence-electron chi connectivity index (χ4n) is 3.34. The summed E-state index contributed by atoms with van der Waals surface area (Å²) in [6, 6.07) is 10.9. The molecule has 0 fully saturated rings. The van der Waals surface area contributed by atoms with E-state index in [-0.39, 0.29) is 34.9 Å². The van der Waals surface area contributed by atoms with Gasteiger partial charge in [0.2, 0.25) is 5.91 Å². The molecule has 33 heavy (non-hydrogen) atoms. The lowest BCUT2D eigenvalue weighted by Crippen LogP contribution is -2.33. The molecule has 10 heteroatoms. The van der Waals surface area contributed by atoms with E-state index in [9.17, 15) is 17.6 Å². The number of ether oxygens (including phenoxy) is 1. The molecule has 2 aromatic carbocycles. The number of thiazole rings is 1. The van der Waals surface area contributed by atoms with E-state index in [0.717, 1.165) is 6.54 Å². The zero-order valence-electron chi connectivity index (χ0n) is 19.0. The summed E-state index contributed by atoms with van der Waals surface area (Å²) < 4.78 is 45.1. The number of carbonyl (C=O) groups is 1. The maximum atomic E-state index is 14.1. The van der Waals surface area contributed by atoms with Crippen LogP contribution in [0.4, 0.5) is 9.52 Å². The maximum absolute atomic E-state index is 14.1. The summed E-state index contributed by atoms with van der Waals surface area (Å²) in [6.45, 7) is 1.19. The molecule has 3 rings (SSSR count). The lowest BCUT2D eigenvalue weighted by Gasteiger charge is -2.21. The van der Waals surface area contributed by atoms with Crippen molar-refractivity contribution in [3.05, 3.63) is 48.3 Å². The Hall–Kier alpha value is -2.56. The molecule has 0 aliphatic carbocycles. The minimum absolute atomic E-state index is 0.0513. The van der Waals surface area contributed by atoms with Gasteiger partial charge in [-0.15, -0.1) is 0 Å². The summed E-state index contributed by atoms with van der Waals surface area (Å²) in [5, 5.41) is 0.428. The summed E-state index contributed by atoms with van der Waals surface area (Å²) in [5.41, 5.74) is 0.241. The minimum Gasteiger partial charge on any atom is -0.497 e. The van der Waals surface area contributed by atoms with E-state index in [1.165, 1.54) is 36.6 Å². The number of rotatable bonds is 11. The molecule has 0 aliphatic heterocycles. The van der Waals surface area contributed by atoms with Crippen LogP contribution in [0.25, 0.3) is 10.2 Å². The average molecular weight is 494 g/mol. The van der Waals surface area contributed by atoms with Gasteiger partial charge in [-0.2, -0.15) is 0 Å². The molecular formula is C23H28FN3O4S2. The number of hydrogen-bond donors (Lipinski definition) is 0. The number of methoxy groups -OCH3 is 1. The first kappa shape index (κ1) is 25.1. The van der Waals surface area contributed by atoms with Crippen LogP contribution in [0.5, 0.6) is 5.75 Å². The highest BCUT2D eigenvalue weighted by molar-refractivity contribution is 7.91. The number of sulfone groups is 1. The topological polar surface area (TPSA) is 79.8 Å². The fraction of sp³-hybridized carbons (Fsp3) is 0.391. The highest BCUT2D eigenvalue weighted by Gasteiger charge is 2.22. The van der Waals surface area contributed by atoms with Gasteiger partial charge in [0.25, 0.3) is 0 Å². The number of para-hydroxylation sites is 1. The Morgan fingerprint density at radius 1 is 1.09 bits per heavy atom. The second-order valence-electron chi connectivity index (χ2n) is 7.88. The Labute approximate surface area is 197 Å². The predicted molar refractivity (Wildman–Crippen MR) is 129 cm³/mol. The lowest BCUT2D eigenvalue weighted by atomic mass is 10.3. The molecule has 0 aliphatic rings. The molecule has 178 valence electrons. The van der Waals surface area contributed by atoms with Crippen molar-refractivity contribution in [1.29, 1.82) is 0 Å². The third-order valence-corrected chi connectivity index (χ3v) is 7.96. The van der Waals surface area contributed by atoms with Crippen LogP contribution in [0.1, 0.15) is 19.3 Å². The van der Waals surface area contributed by atoms with Crippen molar-refractivity contribution in [2.24, 2.45) is 0 Å².